The summed E-state index contributed by atoms with van der Waals surface area (Å²) >= 11 is 0. The number of carbonyl (C=O) groups excluding carboxylic acids is 1. The number of amides is 1. The number of hydrogen-bond acceptors (Lipinski definition) is 3. The molecule has 0 saturated carbocycles. The van der Waals surface area contributed by atoms with Crippen LogP contribution in [-0.2, 0) is 24.4 Å². The Labute approximate surface area is 153 Å². The molecule has 0 saturated heterocycles. The lowest BCUT2D eigenvalue weighted by molar-refractivity contribution is -0.136. The molecule has 3 aromatic rings. The van der Waals surface area contributed by atoms with Crippen molar-refractivity contribution in [3.63, 3.8) is 0 Å². The molecule has 134 valence electrons. The minimum absolute atomic E-state index is 0.0310. The highest BCUT2D eigenvalue weighted by atomic mass is 16.2. The lowest BCUT2D eigenvalue weighted by Gasteiger charge is -2.37. The zero-order chi connectivity index (χ0) is 18.1. The molecule has 1 amide bonds. The van der Waals surface area contributed by atoms with Gasteiger partial charge in [0.15, 0.2) is 0 Å². The van der Waals surface area contributed by atoms with E-state index in [2.05, 4.69) is 33.7 Å². The number of aromatic nitrogens is 4. The molecule has 6 nitrogen and oxygen atoms in total. The van der Waals surface area contributed by atoms with Crippen molar-refractivity contribution >= 4 is 5.91 Å². The third kappa shape index (κ3) is 3.14. The van der Waals surface area contributed by atoms with Crippen molar-refractivity contribution in [2.75, 3.05) is 0 Å². The van der Waals surface area contributed by atoms with Crippen molar-refractivity contribution in [1.82, 2.24) is 24.2 Å². The SMILES string of the molecule is Cc1ccn(CCC(=O)N2Cc3ncc(C)n3C[C@H]2c2ccccc2)n1. The molecular weight excluding hydrogens is 326 g/mol. The normalized spacial score (nSPS) is 16.5. The van der Waals surface area contributed by atoms with E-state index in [9.17, 15) is 4.79 Å². The zero-order valence-corrected chi connectivity index (χ0v) is 15.2. The molecule has 1 atom stereocenters. The van der Waals surface area contributed by atoms with E-state index in [0.717, 1.165) is 29.3 Å². The minimum atomic E-state index is 0.0310. The number of fused-ring (bicyclic) bond motifs is 1. The molecule has 0 aliphatic carbocycles. The van der Waals surface area contributed by atoms with Crippen LogP contribution in [0.4, 0.5) is 0 Å². The maximum absolute atomic E-state index is 13.0. The van der Waals surface area contributed by atoms with E-state index in [-0.39, 0.29) is 11.9 Å². The predicted octanol–water partition coefficient (Wildman–Crippen LogP) is 2.87. The molecule has 26 heavy (non-hydrogen) atoms. The molecular formula is C20H23N5O. The monoisotopic (exact) mass is 349 g/mol. The highest BCUT2D eigenvalue weighted by Gasteiger charge is 2.31. The smallest absolute Gasteiger partial charge is 0.225 e. The van der Waals surface area contributed by atoms with Gasteiger partial charge in [-0.25, -0.2) is 4.98 Å². The second-order valence-electron chi connectivity index (χ2n) is 6.84. The highest BCUT2D eigenvalue weighted by molar-refractivity contribution is 5.76. The van der Waals surface area contributed by atoms with Gasteiger partial charge in [0.1, 0.15) is 5.82 Å². The summed E-state index contributed by atoms with van der Waals surface area (Å²) in [6.07, 6.45) is 4.24. The van der Waals surface area contributed by atoms with Gasteiger partial charge in [-0.05, 0) is 25.5 Å². The van der Waals surface area contributed by atoms with Crippen LogP contribution in [0.25, 0.3) is 0 Å². The van der Waals surface area contributed by atoms with Crippen LogP contribution < -0.4 is 0 Å². The van der Waals surface area contributed by atoms with Crippen LogP contribution in [0, 0.1) is 13.8 Å². The predicted molar refractivity (Wildman–Crippen MR) is 98.3 cm³/mol. The van der Waals surface area contributed by atoms with Crippen molar-refractivity contribution in [1.29, 1.82) is 0 Å². The first-order valence-electron chi connectivity index (χ1n) is 8.97. The molecule has 1 aromatic carbocycles. The van der Waals surface area contributed by atoms with Gasteiger partial charge >= 0.3 is 0 Å². The lowest BCUT2D eigenvalue weighted by atomic mass is 10.0. The molecule has 6 heteroatoms. The fraction of sp³-hybridized carbons (Fsp3) is 0.350. The zero-order valence-electron chi connectivity index (χ0n) is 15.2. The van der Waals surface area contributed by atoms with Crippen LogP contribution in [0.15, 0.2) is 48.8 Å². The molecule has 0 radical (unpaired) electrons. The average molecular weight is 349 g/mol. The Morgan fingerprint density at radius 2 is 2.00 bits per heavy atom. The molecule has 0 fully saturated rings. The second-order valence-corrected chi connectivity index (χ2v) is 6.84. The van der Waals surface area contributed by atoms with Crippen LogP contribution in [0.2, 0.25) is 0 Å². The topological polar surface area (TPSA) is 56.0 Å². The van der Waals surface area contributed by atoms with Crippen molar-refractivity contribution in [3.8, 4) is 0 Å². The van der Waals surface area contributed by atoms with E-state index in [1.54, 1.807) is 0 Å². The Bertz CT molecular complexity index is 911. The van der Waals surface area contributed by atoms with Gasteiger partial charge in [0, 0.05) is 37.6 Å². The van der Waals surface area contributed by atoms with Gasteiger partial charge in [0.05, 0.1) is 18.3 Å². The number of hydrogen-bond donors (Lipinski definition) is 0. The molecule has 3 heterocycles. The summed E-state index contributed by atoms with van der Waals surface area (Å²) < 4.78 is 4.05. The summed E-state index contributed by atoms with van der Waals surface area (Å²) in [6.45, 7) is 5.91. The second kappa shape index (κ2) is 6.78. The summed E-state index contributed by atoms with van der Waals surface area (Å²) in [5, 5.41) is 4.37. The summed E-state index contributed by atoms with van der Waals surface area (Å²) in [4.78, 5) is 19.5. The van der Waals surface area contributed by atoms with Gasteiger partial charge in [-0.15, -0.1) is 0 Å². The van der Waals surface area contributed by atoms with E-state index in [1.807, 2.05) is 53.2 Å². The van der Waals surface area contributed by atoms with Crippen molar-refractivity contribution in [2.24, 2.45) is 0 Å². The van der Waals surface area contributed by atoms with Gasteiger partial charge in [-0.1, -0.05) is 30.3 Å². The van der Waals surface area contributed by atoms with Gasteiger partial charge in [-0.3, -0.25) is 9.48 Å². The number of carbonyl (C=O) groups is 1. The first-order valence-corrected chi connectivity index (χ1v) is 8.97. The Hall–Kier alpha value is -2.89. The largest absolute Gasteiger partial charge is 0.328 e. The van der Waals surface area contributed by atoms with Gasteiger partial charge < -0.3 is 9.47 Å². The minimum Gasteiger partial charge on any atom is -0.328 e. The number of imidazole rings is 1. The summed E-state index contributed by atoms with van der Waals surface area (Å²) in [5.74, 6) is 1.09. The number of rotatable bonds is 4. The van der Waals surface area contributed by atoms with Gasteiger partial charge in [0.25, 0.3) is 0 Å². The fourth-order valence-corrected chi connectivity index (χ4v) is 3.58. The standard InChI is InChI=1S/C20H23N5O/c1-15-8-10-23(22-15)11-9-20(26)25-14-19-21-12-16(2)24(19)13-18(25)17-6-4-3-5-7-17/h3-8,10,12,18H,9,11,13-14H2,1-2H3/t18-/m0/s1. The molecule has 0 bridgehead atoms. The van der Waals surface area contributed by atoms with Gasteiger partial charge in [0.2, 0.25) is 5.91 Å². The maximum atomic E-state index is 13.0. The molecule has 2 aromatic heterocycles. The van der Waals surface area contributed by atoms with Crippen molar-refractivity contribution < 1.29 is 4.79 Å². The molecule has 0 N–H and O–H groups in total. The van der Waals surface area contributed by atoms with Crippen LogP contribution in [0.5, 0.6) is 0 Å². The highest BCUT2D eigenvalue weighted by Crippen LogP contribution is 2.30. The first kappa shape index (κ1) is 16.6. The van der Waals surface area contributed by atoms with Crippen LogP contribution in [0.3, 0.4) is 0 Å². The molecule has 4 rings (SSSR count). The Balaban J connectivity index is 1.57. The van der Waals surface area contributed by atoms with Crippen molar-refractivity contribution in [2.45, 2.75) is 45.9 Å². The van der Waals surface area contributed by atoms with Crippen molar-refractivity contribution in [3.05, 3.63) is 71.6 Å². The van der Waals surface area contributed by atoms with E-state index >= 15 is 0 Å². The third-order valence-corrected chi connectivity index (χ3v) is 5.01. The van der Waals surface area contributed by atoms with Crippen LogP contribution >= 0.6 is 0 Å². The number of aryl methyl sites for hydroxylation is 3. The number of nitrogens with zero attached hydrogens (tertiary/aromatic N) is 5. The third-order valence-electron chi connectivity index (χ3n) is 5.01. The first-order chi connectivity index (χ1) is 12.6. The maximum Gasteiger partial charge on any atom is 0.225 e. The number of benzene rings is 1. The molecule has 1 aliphatic rings. The summed E-state index contributed by atoms with van der Waals surface area (Å²) in [5.41, 5.74) is 3.27. The van der Waals surface area contributed by atoms with Gasteiger partial charge in [-0.2, -0.15) is 5.10 Å². The Morgan fingerprint density at radius 3 is 2.73 bits per heavy atom. The van der Waals surface area contributed by atoms with E-state index in [1.165, 1.54) is 0 Å². The van der Waals surface area contributed by atoms with Crippen LogP contribution in [0.1, 0.15) is 35.2 Å². The summed E-state index contributed by atoms with van der Waals surface area (Å²) in [7, 11) is 0. The Morgan fingerprint density at radius 1 is 1.19 bits per heavy atom. The molecule has 1 aliphatic heterocycles. The van der Waals surface area contributed by atoms with E-state index in [4.69, 9.17) is 0 Å². The lowest BCUT2D eigenvalue weighted by Crippen LogP contribution is -2.41. The molecule has 0 unspecified atom stereocenters. The van der Waals surface area contributed by atoms with E-state index < -0.39 is 0 Å². The van der Waals surface area contributed by atoms with E-state index in [0.29, 0.717) is 19.5 Å². The average Bonchev–Trinajstić information content (AvgIpc) is 3.25. The van der Waals surface area contributed by atoms with Crippen LogP contribution in [-0.4, -0.2) is 30.1 Å². The Kier molecular flexibility index (Phi) is 4.32. The summed E-state index contributed by atoms with van der Waals surface area (Å²) in [6, 6.07) is 12.2. The quantitative estimate of drug-likeness (QED) is 0.728. The molecule has 0 spiro atoms. The fourth-order valence-electron chi connectivity index (χ4n) is 3.58.